The molecule has 0 aliphatic carbocycles. The standard InChI is InChI=1S/C22H22ClN3O3S/c1-30(28,29)26(16-19-6-2-3-7-21(19)23)20-10-8-18(9-11-20)22(27)25-14-12-17-5-4-13-24-15-17/h2-11,13,15H,12,14,16H2,1H3,(H,25,27). The summed E-state index contributed by atoms with van der Waals surface area (Å²) in [7, 11) is -3.54. The molecule has 0 atom stereocenters. The first-order chi connectivity index (χ1) is 14.3. The van der Waals surface area contributed by atoms with E-state index in [1.165, 1.54) is 4.31 Å². The van der Waals surface area contributed by atoms with E-state index in [0.29, 0.717) is 34.8 Å². The van der Waals surface area contributed by atoms with E-state index in [1.807, 2.05) is 12.1 Å². The SMILES string of the molecule is CS(=O)(=O)N(Cc1ccccc1Cl)c1ccc(C(=O)NCCc2cccnc2)cc1. The summed E-state index contributed by atoms with van der Waals surface area (Å²) in [6, 6.07) is 17.4. The first kappa shape index (κ1) is 21.8. The number of rotatable bonds is 8. The van der Waals surface area contributed by atoms with E-state index in [4.69, 9.17) is 11.6 Å². The van der Waals surface area contributed by atoms with Gasteiger partial charge in [-0.1, -0.05) is 35.9 Å². The smallest absolute Gasteiger partial charge is 0.251 e. The molecular weight excluding hydrogens is 422 g/mol. The zero-order chi connectivity index (χ0) is 21.6. The van der Waals surface area contributed by atoms with Crippen molar-refractivity contribution >= 4 is 33.2 Å². The number of halogens is 1. The Balaban J connectivity index is 1.68. The second-order valence-corrected chi connectivity index (χ2v) is 9.09. The van der Waals surface area contributed by atoms with Crippen LogP contribution in [0.2, 0.25) is 5.02 Å². The van der Waals surface area contributed by atoms with Gasteiger partial charge in [0.2, 0.25) is 10.0 Å². The van der Waals surface area contributed by atoms with Gasteiger partial charge in [0.05, 0.1) is 18.5 Å². The number of benzene rings is 2. The summed E-state index contributed by atoms with van der Waals surface area (Å²) >= 11 is 6.19. The number of pyridine rings is 1. The molecule has 0 radical (unpaired) electrons. The summed E-state index contributed by atoms with van der Waals surface area (Å²) in [5.74, 6) is -0.220. The molecule has 0 bridgehead atoms. The van der Waals surface area contributed by atoms with Crippen molar-refractivity contribution < 1.29 is 13.2 Å². The predicted octanol–water partition coefficient (Wildman–Crippen LogP) is 3.67. The summed E-state index contributed by atoms with van der Waals surface area (Å²) < 4.78 is 25.9. The summed E-state index contributed by atoms with van der Waals surface area (Å²) in [6.45, 7) is 0.587. The Morgan fingerprint density at radius 2 is 1.80 bits per heavy atom. The maximum atomic E-state index is 12.4. The molecule has 0 spiro atoms. The maximum absolute atomic E-state index is 12.4. The summed E-state index contributed by atoms with van der Waals surface area (Å²) in [5.41, 5.74) is 2.65. The Labute approximate surface area is 181 Å². The van der Waals surface area contributed by atoms with E-state index in [2.05, 4.69) is 10.3 Å². The van der Waals surface area contributed by atoms with Crippen molar-refractivity contribution in [3.63, 3.8) is 0 Å². The minimum atomic E-state index is -3.54. The molecule has 0 saturated heterocycles. The fourth-order valence-electron chi connectivity index (χ4n) is 2.93. The monoisotopic (exact) mass is 443 g/mol. The number of carbonyl (C=O) groups excluding carboxylic acids is 1. The van der Waals surface area contributed by atoms with Gasteiger partial charge in [-0.2, -0.15) is 0 Å². The Kier molecular flexibility index (Phi) is 7.07. The lowest BCUT2D eigenvalue weighted by molar-refractivity contribution is 0.0954. The van der Waals surface area contributed by atoms with E-state index in [0.717, 1.165) is 11.8 Å². The van der Waals surface area contributed by atoms with Gasteiger partial charge in [-0.05, 0) is 53.9 Å². The lowest BCUT2D eigenvalue weighted by atomic mass is 10.1. The number of hydrogen-bond donors (Lipinski definition) is 1. The highest BCUT2D eigenvalue weighted by molar-refractivity contribution is 7.92. The first-order valence-electron chi connectivity index (χ1n) is 9.33. The molecule has 1 amide bonds. The number of hydrogen-bond acceptors (Lipinski definition) is 4. The maximum Gasteiger partial charge on any atom is 0.251 e. The van der Waals surface area contributed by atoms with Gasteiger partial charge in [-0.3, -0.25) is 14.1 Å². The van der Waals surface area contributed by atoms with Crippen molar-refractivity contribution in [3.05, 3.63) is 94.8 Å². The van der Waals surface area contributed by atoms with Crippen molar-refractivity contribution in [2.24, 2.45) is 0 Å². The van der Waals surface area contributed by atoms with Gasteiger partial charge in [0.25, 0.3) is 5.91 Å². The number of nitrogens with one attached hydrogen (secondary N) is 1. The first-order valence-corrected chi connectivity index (χ1v) is 11.6. The molecule has 2 aromatic carbocycles. The van der Waals surface area contributed by atoms with Gasteiger partial charge in [-0.25, -0.2) is 8.42 Å². The van der Waals surface area contributed by atoms with Gasteiger partial charge in [-0.15, -0.1) is 0 Å². The number of amides is 1. The Hall–Kier alpha value is -2.90. The zero-order valence-corrected chi connectivity index (χ0v) is 18.0. The quantitative estimate of drug-likeness (QED) is 0.576. The third kappa shape index (κ3) is 5.81. The van der Waals surface area contributed by atoms with Crippen LogP contribution >= 0.6 is 11.6 Å². The van der Waals surface area contributed by atoms with Crippen LogP contribution in [-0.2, 0) is 23.0 Å². The van der Waals surface area contributed by atoms with Crippen LogP contribution in [0.3, 0.4) is 0 Å². The molecule has 0 aliphatic heterocycles. The molecule has 3 aromatic rings. The Morgan fingerprint density at radius 3 is 2.43 bits per heavy atom. The van der Waals surface area contributed by atoms with Crippen LogP contribution < -0.4 is 9.62 Å². The van der Waals surface area contributed by atoms with Crippen LogP contribution in [0.4, 0.5) is 5.69 Å². The van der Waals surface area contributed by atoms with Crippen molar-refractivity contribution in [2.45, 2.75) is 13.0 Å². The molecular formula is C22H22ClN3O3S. The molecule has 1 heterocycles. The average Bonchev–Trinajstić information content (AvgIpc) is 2.73. The van der Waals surface area contributed by atoms with E-state index >= 15 is 0 Å². The van der Waals surface area contributed by atoms with E-state index in [9.17, 15) is 13.2 Å². The molecule has 156 valence electrons. The third-order valence-corrected chi connectivity index (χ3v) is 6.02. The minimum Gasteiger partial charge on any atom is -0.352 e. The van der Waals surface area contributed by atoms with E-state index < -0.39 is 10.0 Å². The molecule has 1 aromatic heterocycles. The predicted molar refractivity (Wildman–Crippen MR) is 119 cm³/mol. The van der Waals surface area contributed by atoms with E-state index in [1.54, 1.807) is 60.9 Å². The number of nitrogens with zero attached hydrogens (tertiary/aromatic N) is 2. The largest absolute Gasteiger partial charge is 0.352 e. The van der Waals surface area contributed by atoms with Crippen LogP contribution in [0, 0.1) is 0 Å². The lowest BCUT2D eigenvalue weighted by Gasteiger charge is -2.23. The lowest BCUT2D eigenvalue weighted by Crippen LogP contribution is -2.29. The van der Waals surface area contributed by atoms with Gasteiger partial charge in [0.1, 0.15) is 0 Å². The highest BCUT2D eigenvalue weighted by atomic mass is 35.5. The number of aromatic nitrogens is 1. The van der Waals surface area contributed by atoms with Crippen molar-refractivity contribution in [3.8, 4) is 0 Å². The zero-order valence-electron chi connectivity index (χ0n) is 16.5. The molecule has 0 saturated carbocycles. The fourth-order valence-corrected chi connectivity index (χ4v) is 4.00. The summed E-state index contributed by atoms with van der Waals surface area (Å²) in [4.78, 5) is 16.4. The third-order valence-electron chi connectivity index (χ3n) is 4.51. The average molecular weight is 444 g/mol. The summed E-state index contributed by atoms with van der Waals surface area (Å²) in [6.07, 6.45) is 5.29. The normalized spacial score (nSPS) is 11.1. The molecule has 3 rings (SSSR count). The van der Waals surface area contributed by atoms with E-state index in [-0.39, 0.29) is 12.5 Å². The van der Waals surface area contributed by atoms with Crippen molar-refractivity contribution in [1.29, 1.82) is 0 Å². The number of anilines is 1. The van der Waals surface area contributed by atoms with Crippen LogP contribution in [-0.4, -0.2) is 32.1 Å². The van der Waals surface area contributed by atoms with Gasteiger partial charge in [0, 0.05) is 29.5 Å². The van der Waals surface area contributed by atoms with Crippen molar-refractivity contribution in [1.82, 2.24) is 10.3 Å². The summed E-state index contributed by atoms with van der Waals surface area (Å²) in [5, 5.41) is 3.35. The number of sulfonamides is 1. The molecule has 6 nitrogen and oxygen atoms in total. The van der Waals surface area contributed by atoms with Gasteiger partial charge in [0.15, 0.2) is 0 Å². The van der Waals surface area contributed by atoms with Crippen LogP contribution in [0.15, 0.2) is 73.1 Å². The van der Waals surface area contributed by atoms with Crippen LogP contribution in [0.5, 0.6) is 0 Å². The topological polar surface area (TPSA) is 79.4 Å². The van der Waals surface area contributed by atoms with Gasteiger partial charge < -0.3 is 5.32 Å². The van der Waals surface area contributed by atoms with Crippen molar-refractivity contribution in [2.75, 3.05) is 17.1 Å². The van der Waals surface area contributed by atoms with Gasteiger partial charge >= 0.3 is 0 Å². The fraction of sp³-hybridized carbons (Fsp3) is 0.182. The Bertz CT molecular complexity index is 1100. The highest BCUT2D eigenvalue weighted by Gasteiger charge is 2.19. The number of carbonyl (C=O) groups is 1. The van der Waals surface area contributed by atoms with Crippen LogP contribution in [0.25, 0.3) is 0 Å². The molecule has 0 fully saturated rings. The molecule has 0 aliphatic rings. The second-order valence-electron chi connectivity index (χ2n) is 6.78. The molecule has 30 heavy (non-hydrogen) atoms. The Morgan fingerprint density at radius 1 is 1.07 bits per heavy atom. The minimum absolute atomic E-state index is 0.106. The highest BCUT2D eigenvalue weighted by Crippen LogP contribution is 2.24. The molecule has 1 N–H and O–H groups in total. The second kappa shape index (κ2) is 9.73. The molecule has 8 heteroatoms. The van der Waals surface area contributed by atoms with Crippen LogP contribution in [0.1, 0.15) is 21.5 Å². The molecule has 0 unspecified atom stereocenters.